The standard InChI is InChI=1S/C19H14Cl3N3/c1-13-23-17(25-18(24-13)19(20,21)22)16-11-9-15(10-12-16)8-7-14-5-3-2-4-6-14/h2-12H,1H3. The van der Waals surface area contributed by atoms with Crippen molar-refractivity contribution in [3.8, 4) is 11.4 Å². The van der Waals surface area contributed by atoms with Crippen LogP contribution in [0.4, 0.5) is 0 Å². The lowest BCUT2D eigenvalue weighted by Gasteiger charge is -2.11. The number of rotatable bonds is 3. The Kier molecular flexibility index (Phi) is 5.38. The molecule has 126 valence electrons. The van der Waals surface area contributed by atoms with Gasteiger partial charge < -0.3 is 0 Å². The molecule has 0 radical (unpaired) electrons. The minimum Gasteiger partial charge on any atom is -0.214 e. The number of alkyl halides is 3. The number of aromatic nitrogens is 3. The first-order valence-corrected chi connectivity index (χ1v) is 8.69. The summed E-state index contributed by atoms with van der Waals surface area (Å²) in [6, 6.07) is 18.0. The highest BCUT2D eigenvalue weighted by molar-refractivity contribution is 6.66. The third-order valence-electron chi connectivity index (χ3n) is 3.44. The van der Waals surface area contributed by atoms with Gasteiger partial charge in [-0.25, -0.2) is 15.0 Å². The van der Waals surface area contributed by atoms with E-state index < -0.39 is 3.79 Å². The van der Waals surface area contributed by atoms with Gasteiger partial charge in [-0.3, -0.25) is 0 Å². The second-order valence-electron chi connectivity index (χ2n) is 5.39. The molecule has 0 fully saturated rings. The van der Waals surface area contributed by atoms with E-state index in [1.165, 1.54) is 0 Å². The molecule has 0 N–H and O–H groups in total. The molecule has 25 heavy (non-hydrogen) atoms. The maximum atomic E-state index is 5.88. The quantitative estimate of drug-likeness (QED) is 0.416. The summed E-state index contributed by atoms with van der Waals surface area (Å²) in [4.78, 5) is 12.7. The number of benzene rings is 2. The zero-order valence-corrected chi connectivity index (χ0v) is 15.6. The van der Waals surface area contributed by atoms with Crippen LogP contribution >= 0.6 is 34.8 Å². The summed E-state index contributed by atoms with van der Waals surface area (Å²) in [5.41, 5.74) is 3.05. The van der Waals surface area contributed by atoms with Gasteiger partial charge in [0.1, 0.15) is 5.82 Å². The maximum absolute atomic E-state index is 5.88. The van der Waals surface area contributed by atoms with Crippen LogP contribution in [-0.4, -0.2) is 15.0 Å². The summed E-state index contributed by atoms with van der Waals surface area (Å²) < 4.78 is -1.68. The molecule has 2 aromatic carbocycles. The van der Waals surface area contributed by atoms with Crippen LogP contribution in [0.5, 0.6) is 0 Å². The topological polar surface area (TPSA) is 38.7 Å². The van der Waals surface area contributed by atoms with Gasteiger partial charge in [-0.05, 0) is 18.1 Å². The fraction of sp³-hybridized carbons (Fsp3) is 0.105. The van der Waals surface area contributed by atoms with Crippen molar-refractivity contribution in [3.05, 3.63) is 77.4 Å². The molecule has 0 aliphatic heterocycles. The molecule has 3 nitrogen and oxygen atoms in total. The van der Waals surface area contributed by atoms with Crippen molar-refractivity contribution in [1.29, 1.82) is 0 Å². The highest BCUT2D eigenvalue weighted by Gasteiger charge is 2.27. The molecule has 0 saturated heterocycles. The molecular formula is C19H14Cl3N3. The molecule has 6 heteroatoms. The summed E-state index contributed by atoms with van der Waals surface area (Å²) in [7, 11) is 0. The number of halogens is 3. The molecule has 3 rings (SSSR count). The molecule has 0 aliphatic rings. The van der Waals surface area contributed by atoms with Gasteiger partial charge in [-0.1, -0.05) is 102 Å². The van der Waals surface area contributed by atoms with Crippen LogP contribution in [0.3, 0.4) is 0 Å². The van der Waals surface area contributed by atoms with Crippen molar-refractivity contribution >= 4 is 47.0 Å². The van der Waals surface area contributed by atoms with E-state index in [9.17, 15) is 0 Å². The molecule has 0 unspecified atom stereocenters. The Hall–Kier alpha value is -1.94. The highest BCUT2D eigenvalue weighted by atomic mass is 35.6. The molecule has 0 spiro atoms. The van der Waals surface area contributed by atoms with Crippen molar-refractivity contribution in [2.24, 2.45) is 0 Å². The number of aryl methyl sites for hydroxylation is 1. The van der Waals surface area contributed by atoms with Crippen LogP contribution < -0.4 is 0 Å². The zero-order valence-electron chi connectivity index (χ0n) is 13.3. The van der Waals surface area contributed by atoms with Crippen molar-refractivity contribution in [3.63, 3.8) is 0 Å². The van der Waals surface area contributed by atoms with E-state index in [0.717, 1.165) is 16.7 Å². The lowest BCUT2D eigenvalue weighted by Crippen LogP contribution is -2.10. The molecule has 0 saturated carbocycles. The van der Waals surface area contributed by atoms with Crippen molar-refractivity contribution in [2.45, 2.75) is 10.7 Å². The second kappa shape index (κ2) is 7.52. The predicted octanol–water partition coefficient (Wildman–Crippen LogP) is 5.84. The fourth-order valence-electron chi connectivity index (χ4n) is 2.24. The summed E-state index contributed by atoms with van der Waals surface area (Å²) >= 11 is 17.7. The zero-order chi connectivity index (χ0) is 17.9. The van der Waals surface area contributed by atoms with Crippen LogP contribution in [0.15, 0.2) is 54.6 Å². The summed E-state index contributed by atoms with van der Waals surface area (Å²) in [5, 5.41) is 0. The SMILES string of the molecule is Cc1nc(-c2ccc(C=Cc3ccccc3)cc2)nc(C(Cl)(Cl)Cl)n1. The van der Waals surface area contributed by atoms with Crippen LogP contribution in [0.2, 0.25) is 0 Å². The molecular weight excluding hydrogens is 377 g/mol. The van der Waals surface area contributed by atoms with Crippen LogP contribution in [-0.2, 0) is 3.79 Å². The third kappa shape index (κ3) is 4.79. The average Bonchev–Trinajstić information content (AvgIpc) is 2.60. The molecule has 0 bridgehead atoms. The largest absolute Gasteiger partial charge is 0.250 e. The predicted molar refractivity (Wildman–Crippen MR) is 105 cm³/mol. The smallest absolute Gasteiger partial charge is 0.214 e. The lowest BCUT2D eigenvalue weighted by atomic mass is 10.1. The minimum atomic E-state index is -1.68. The first-order valence-electron chi connectivity index (χ1n) is 7.55. The van der Waals surface area contributed by atoms with Crippen molar-refractivity contribution in [1.82, 2.24) is 15.0 Å². The van der Waals surface area contributed by atoms with E-state index in [0.29, 0.717) is 11.6 Å². The summed E-state index contributed by atoms with van der Waals surface area (Å²) in [6.07, 6.45) is 4.10. The Bertz CT molecular complexity index is 886. The molecule has 0 aliphatic carbocycles. The van der Waals surface area contributed by atoms with E-state index in [4.69, 9.17) is 34.8 Å². The van der Waals surface area contributed by atoms with Gasteiger partial charge in [-0.15, -0.1) is 0 Å². The van der Waals surface area contributed by atoms with Gasteiger partial charge in [0, 0.05) is 5.56 Å². The van der Waals surface area contributed by atoms with Gasteiger partial charge in [0.25, 0.3) is 0 Å². The Morgan fingerprint density at radius 3 is 1.96 bits per heavy atom. The van der Waals surface area contributed by atoms with Crippen LogP contribution in [0, 0.1) is 6.92 Å². The Labute approximate surface area is 161 Å². The monoisotopic (exact) mass is 389 g/mol. The van der Waals surface area contributed by atoms with Crippen molar-refractivity contribution in [2.75, 3.05) is 0 Å². The Morgan fingerprint density at radius 1 is 0.760 bits per heavy atom. The van der Waals surface area contributed by atoms with Crippen LogP contribution in [0.25, 0.3) is 23.5 Å². The first kappa shape index (κ1) is 17.9. The molecule has 0 amide bonds. The van der Waals surface area contributed by atoms with E-state index >= 15 is 0 Å². The number of hydrogen-bond donors (Lipinski definition) is 0. The van der Waals surface area contributed by atoms with Gasteiger partial charge in [0.15, 0.2) is 11.6 Å². The minimum absolute atomic E-state index is 0.119. The van der Waals surface area contributed by atoms with E-state index in [1.54, 1.807) is 6.92 Å². The van der Waals surface area contributed by atoms with Gasteiger partial charge in [0.2, 0.25) is 3.79 Å². The van der Waals surface area contributed by atoms with E-state index in [1.807, 2.05) is 48.5 Å². The van der Waals surface area contributed by atoms with Crippen molar-refractivity contribution < 1.29 is 0 Å². The molecule has 1 aromatic heterocycles. The first-order chi connectivity index (χ1) is 11.9. The normalized spacial score (nSPS) is 11.8. The molecule has 3 aromatic rings. The summed E-state index contributed by atoms with van der Waals surface area (Å²) in [6.45, 7) is 1.74. The van der Waals surface area contributed by atoms with Gasteiger partial charge in [-0.2, -0.15) is 0 Å². The fourth-order valence-corrected chi connectivity index (χ4v) is 2.49. The molecule has 0 atom stereocenters. The van der Waals surface area contributed by atoms with Crippen LogP contribution in [0.1, 0.15) is 22.8 Å². The van der Waals surface area contributed by atoms with Gasteiger partial charge >= 0.3 is 0 Å². The van der Waals surface area contributed by atoms with Gasteiger partial charge in [0.05, 0.1) is 0 Å². The number of nitrogens with zero attached hydrogens (tertiary/aromatic N) is 3. The average molecular weight is 391 g/mol. The maximum Gasteiger partial charge on any atom is 0.250 e. The van der Waals surface area contributed by atoms with E-state index in [-0.39, 0.29) is 5.82 Å². The highest BCUT2D eigenvalue weighted by Crippen LogP contribution is 2.36. The van der Waals surface area contributed by atoms with E-state index in [2.05, 4.69) is 33.2 Å². The molecule has 1 heterocycles. The summed E-state index contributed by atoms with van der Waals surface area (Å²) in [5.74, 6) is 1.10. The number of hydrogen-bond acceptors (Lipinski definition) is 3. The second-order valence-corrected chi connectivity index (χ2v) is 7.67. The third-order valence-corrected chi connectivity index (χ3v) is 3.94. The Balaban J connectivity index is 1.86. The lowest BCUT2D eigenvalue weighted by molar-refractivity contribution is 0.884. The Morgan fingerprint density at radius 2 is 1.36 bits per heavy atom.